The molecule has 0 aliphatic carbocycles. The summed E-state index contributed by atoms with van der Waals surface area (Å²) < 4.78 is 0.115. The van der Waals surface area contributed by atoms with Crippen LogP contribution in [0.2, 0.25) is 0 Å². The van der Waals surface area contributed by atoms with Crippen molar-refractivity contribution in [2.24, 2.45) is 10.7 Å². The van der Waals surface area contributed by atoms with E-state index in [2.05, 4.69) is 62.5 Å². The standard InChI is InChI=1S/C16H27N3S/c1-6-12-9-8-10-13(7-2)14(12)19-15(17)18-11-16(3,4)20-5/h8-10H,6-7,11H2,1-5H3,(H3,17,18,19). The maximum Gasteiger partial charge on any atom is 0.193 e. The van der Waals surface area contributed by atoms with Crippen LogP contribution in [0.3, 0.4) is 0 Å². The predicted octanol–water partition coefficient (Wildman–Crippen LogP) is 3.68. The lowest BCUT2D eigenvalue weighted by Gasteiger charge is -2.20. The van der Waals surface area contributed by atoms with E-state index in [-0.39, 0.29) is 4.75 Å². The molecule has 0 atom stereocenters. The summed E-state index contributed by atoms with van der Waals surface area (Å²) in [5.74, 6) is 0.503. The topological polar surface area (TPSA) is 50.4 Å². The lowest BCUT2D eigenvalue weighted by Crippen LogP contribution is -2.27. The van der Waals surface area contributed by atoms with Gasteiger partial charge in [0.25, 0.3) is 0 Å². The van der Waals surface area contributed by atoms with Crippen LogP contribution in [-0.4, -0.2) is 23.5 Å². The van der Waals surface area contributed by atoms with E-state index in [1.807, 2.05) is 0 Å². The number of aliphatic imine (C=N–C) groups is 1. The Morgan fingerprint density at radius 2 is 1.80 bits per heavy atom. The van der Waals surface area contributed by atoms with E-state index < -0.39 is 0 Å². The molecule has 0 aromatic heterocycles. The van der Waals surface area contributed by atoms with Crippen LogP contribution in [0.5, 0.6) is 0 Å². The number of nitrogens with two attached hydrogens (primary N) is 1. The summed E-state index contributed by atoms with van der Waals surface area (Å²) in [6.45, 7) is 9.37. The summed E-state index contributed by atoms with van der Waals surface area (Å²) in [7, 11) is 0. The highest BCUT2D eigenvalue weighted by molar-refractivity contribution is 7.99. The SMILES string of the molecule is CCc1cccc(CC)c1NC(N)=NCC(C)(C)SC. The molecule has 0 saturated heterocycles. The number of nitrogens with zero attached hydrogens (tertiary/aromatic N) is 1. The quantitative estimate of drug-likeness (QED) is 0.621. The molecule has 1 rings (SSSR count). The summed E-state index contributed by atoms with van der Waals surface area (Å²) in [6, 6.07) is 6.38. The number of para-hydroxylation sites is 1. The van der Waals surface area contributed by atoms with Crippen LogP contribution >= 0.6 is 11.8 Å². The first-order chi connectivity index (χ1) is 9.43. The molecule has 0 heterocycles. The Balaban J connectivity index is 2.90. The molecule has 0 amide bonds. The number of anilines is 1. The average molecular weight is 293 g/mol. The van der Waals surface area contributed by atoms with Gasteiger partial charge in [-0.25, -0.2) is 0 Å². The van der Waals surface area contributed by atoms with Crippen molar-refractivity contribution >= 4 is 23.4 Å². The minimum atomic E-state index is 0.115. The molecule has 20 heavy (non-hydrogen) atoms. The van der Waals surface area contributed by atoms with Crippen molar-refractivity contribution in [1.82, 2.24) is 0 Å². The molecule has 1 aromatic rings. The Morgan fingerprint density at radius 1 is 1.25 bits per heavy atom. The van der Waals surface area contributed by atoms with Gasteiger partial charge in [0.05, 0.1) is 6.54 Å². The summed E-state index contributed by atoms with van der Waals surface area (Å²) in [6.07, 6.45) is 4.07. The number of hydrogen-bond donors (Lipinski definition) is 2. The molecule has 0 unspecified atom stereocenters. The van der Waals surface area contributed by atoms with Gasteiger partial charge in [0.15, 0.2) is 5.96 Å². The van der Waals surface area contributed by atoms with Gasteiger partial charge < -0.3 is 11.1 Å². The molecule has 4 heteroatoms. The van der Waals surface area contributed by atoms with E-state index >= 15 is 0 Å². The highest BCUT2D eigenvalue weighted by Gasteiger charge is 2.15. The van der Waals surface area contributed by atoms with Crippen LogP contribution in [0.15, 0.2) is 23.2 Å². The van der Waals surface area contributed by atoms with Crippen LogP contribution < -0.4 is 11.1 Å². The van der Waals surface area contributed by atoms with Crippen molar-refractivity contribution in [3.05, 3.63) is 29.3 Å². The van der Waals surface area contributed by atoms with E-state index in [1.54, 1.807) is 11.8 Å². The van der Waals surface area contributed by atoms with Crippen LogP contribution in [0, 0.1) is 0 Å². The number of rotatable bonds is 6. The van der Waals surface area contributed by atoms with Gasteiger partial charge in [-0.2, -0.15) is 11.8 Å². The maximum absolute atomic E-state index is 6.04. The van der Waals surface area contributed by atoms with Crippen molar-refractivity contribution in [3.8, 4) is 0 Å². The molecule has 1 aromatic carbocycles. The van der Waals surface area contributed by atoms with Crippen LogP contribution in [-0.2, 0) is 12.8 Å². The van der Waals surface area contributed by atoms with Gasteiger partial charge in [-0.1, -0.05) is 32.0 Å². The van der Waals surface area contributed by atoms with Gasteiger partial charge in [0.1, 0.15) is 0 Å². The lowest BCUT2D eigenvalue weighted by atomic mass is 10.0. The van der Waals surface area contributed by atoms with Crippen molar-refractivity contribution in [2.75, 3.05) is 18.1 Å². The van der Waals surface area contributed by atoms with Gasteiger partial charge in [-0.05, 0) is 44.1 Å². The van der Waals surface area contributed by atoms with E-state index in [0.717, 1.165) is 18.5 Å². The van der Waals surface area contributed by atoms with Crippen molar-refractivity contribution in [3.63, 3.8) is 0 Å². The fourth-order valence-corrected chi connectivity index (χ4v) is 2.10. The molecule has 0 aliphatic rings. The first kappa shape index (κ1) is 16.9. The highest BCUT2D eigenvalue weighted by Crippen LogP contribution is 2.23. The third-order valence-corrected chi connectivity index (χ3v) is 4.67. The molecule has 0 saturated carbocycles. The molecule has 0 radical (unpaired) electrons. The Labute approximate surface area is 127 Å². The molecule has 3 nitrogen and oxygen atoms in total. The number of benzene rings is 1. The zero-order valence-electron chi connectivity index (χ0n) is 13.3. The van der Waals surface area contributed by atoms with Crippen LogP contribution in [0.1, 0.15) is 38.8 Å². The monoisotopic (exact) mass is 293 g/mol. The largest absolute Gasteiger partial charge is 0.370 e. The zero-order chi connectivity index (χ0) is 15.2. The molecule has 0 fully saturated rings. The Hall–Kier alpha value is -1.16. The number of guanidine groups is 1. The first-order valence-electron chi connectivity index (χ1n) is 7.16. The van der Waals surface area contributed by atoms with E-state index in [9.17, 15) is 0 Å². The fraction of sp³-hybridized carbons (Fsp3) is 0.562. The maximum atomic E-state index is 6.04. The molecular formula is C16H27N3S. The second-order valence-corrected chi connectivity index (χ2v) is 6.96. The number of thioether (sulfide) groups is 1. The third-order valence-electron chi connectivity index (χ3n) is 3.43. The predicted molar refractivity (Wildman–Crippen MR) is 92.9 cm³/mol. The van der Waals surface area contributed by atoms with E-state index in [4.69, 9.17) is 5.73 Å². The Morgan fingerprint density at radius 3 is 2.25 bits per heavy atom. The normalized spacial score (nSPS) is 12.6. The average Bonchev–Trinajstić information content (AvgIpc) is 2.45. The van der Waals surface area contributed by atoms with E-state index in [0.29, 0.717) is 12.5 Å². The van der Waals surface area contributed by atoms with Crippen molar-refractivity contribution < 1.29 is 0 Å². The minimum absolute atomic E-state index is 0.115. The van der Waals surface area contributed by atoms with Gasteiger partial charge in [0, 0.05) is 10.4 Å². The third kappa shape index (κ3) is 4.75. The molecule has 0 aliphatic heterocycles. The molecule has 0 spiro atoms. The second-order valence-electron chi connectivity index (χ2n) is 5.45. The summed E-state index contributed by atoms with van der Waals surface area (Å²) in [5.41, 5.74) is 9.74. The smallest absolute Gasteiger partial charge is 0.193 e. The Bertz CT molecular complexity index is 445. The summed E-state index contributed by atoms with van der Waals surface area (Å²) >= 11 is 1.80. The molecule has 112 valence electrons. The minimum Gasteiger partial charge on any atom is -0.370 e. The summed E-state index contributed by atoms with van der Waals surface area (Å²) in [5, 5.41) is 3.30. The molecular weight excluding hydrogens is 266 g/mol. The first-order valence-corrected chi connectivity index (χ1v) is 8.38. The van der Waals surface area contributed by atoms with Crippen LogP contribution in [0.4, 0.5) is 5.69 Å². The highest BCUT2D eigenvalue weighted by atomic mass is 32.2. The van der Waals surface area contributed by atoms with E-state index in [1.165, 1.54) is 11.1 Å². The second kappa shape index (κ2) is 7.58. The van der Waals surface area contributed by atoms with Gasteiger partial charge in [0.2, 0.25) is 0 Å². The van der Waals surface area contributed by atoms with Gasteiger partial charge >= 0.3 is 0 Å². The van der Waals surface area contributed by atoms with Gasteiger partial charge in [-0.15, -0.1) is 0 Å². The zero-order valence-corrected chi connectivity index (χ0v) is 14.1. The summed E-state index contributed by atoms with van der Waals surface area (Å²) in [4.78, 5) is 4.48. The van der Waals surface area contributed by atoms with Crippen LogP contribution in [0.25, 0.3) is 0 Å². The van der Waals surface area contributed by atoms with Gasteiger partial charge in [-0.3, -0.25) is 4.99 Å². The number of aryl methyl sites for hydroxylation is 2. The number of hydrogen-bond acceptors (Lipinski definition) is 2. The fourth-order valence-electron chi connectivity index (χ4n) is 1.91. The lowest BCUT2D eigenvalue weighted by molar-refractivity contribution is 0.726. The molecule has 0 bridgehead atoms. The van der Waals surface area contributed by atoms with Crippen molar-refractivity contribution in [1.29, 1.82) is 0 Å². The Kier molecular flexibility index (Phi) is 6.40. The number of nitrogens with one attached hydrogen (secondary N) is 1. The molecule has 3 N–H and O–H groups in total. The van der Waals surface area contributed by atoms with Crippen molar-refractivity contribution in [2.45, 2.75) is 45.3 Å².